The first kappa shape index (κ1) is 15.1. The average Bonchev–Trinajstić information content (AvgIpc) is 3.27. The standard InChI is InChI=1S/C18H21NO2S/c1-21-15-6-4-14(5-7-15)17-10-8-16(22-17)9-11-18(20)19-12-13-2-3-13/h4-8,10,13H,2-3,9,11-12H2,1H3,(H,19,20). The van der Waals surface area contributed by atoms with Crippen molar-refractivity contribution in [2.45, 2.75) is 25.7 Å². The Morgan fingerprint density at radius 3 is 2.68 bits per heavy atom. The topological polar surface area (TPSA) is 38.3 Å². The summed E-state index contributed by atoms with van der Waals surface area (Å²) in [4.78, 5) is 14.3. The molecule has 0 spiro atoms. The fourth-order valence-corrected chi connectivity index (χ4v) is 3.34. The van der Waals surface area contributed by atoms with E-state index >= 15 is 0 Å². The molecular weight excluding hydrogens is 294 g/mol. The Kier molecular flexibility index (Phi) is 4.78. The number of aryl methyl sites for hydroxylation is 1. The predicted molar refractivity (Wildman–Crippen MR) is 90.4 cm³/mol. The molecule has 1 saturated carbocycles. The second kappa shape index (κ2) is 6.97. The molecule has 0 aliphatic heterocycles. The van der Waals surface area contributed by atoms with Gasteiger partial charge in [0.15, 0.2) is 0 Å². The molecule has 116 valence electrons. The van der Waals surface area contributed by atoms with Crippen LogP contribution in [0, 0.1) is 5.92 Å². The van der Waals surface area contributed by atoms with E-state index in [1.807, 2.05) is 12.1 Å². The van der Waals surface area contributed by atoms with Gasteiger partial charge in [-0.3, -0.25) is 4.79 Å². The van der Waals surface area contributed by atoms with Gasteiger partial charge >= 0.3 is 0 Å². The number of ether oxygens (including phenoxy) is 1. The van der Waals surface area contributed by atoms with Gasteiger partial charge in [-0.15, -0.1) is 11.3 Å². The molecule has 3 nitrogen and oxygen atoms in total. The van der Waals surface area contributed by atoms with E-state index in [1.165, 1.54) is 28.2 Å². The number of hydrogen-bond acceptors (Lipinski definition) is 3. The van der Waals surface area contributed by atoms with Gasteiger partial charge in [0, 0.05) is 22.7 Å². The molecule has 1 aliphatic rings. The second-order valence-corrected chi connectivity index (χ2v) is 6.91. The van der Waals surface area contributed by atoms with Gasteiger partial charge in [0.05, 0.1) is 7.11 Å². The van der Waals surface area contributed by atoms with Crippen molar-refractivity contribution in [2.24, 2.45) is 5.92 Å². The Labute approximate surface area is 135 Å². The monoisotopic (exact) mass is 315 g/mol. The zero-order valence-electron chi connectivity index (χ0n) is 12.8. The molecule has 1 heterocycles. The SMILES string of the molecule is COc1ccc(-c2ccc(CCC(=O)NCC3CC3)s2)cc1. The summed E-state index contributed by atoms with van der Waals surface area (Å²) in [5.41, 5.74) is 1.19. The lowest BCUT2D eigenvalue weighted by atomic mass is 10.2. The molecule has 1 aliphatic carbocycles. The maximum Gasteiger partial charge on any atom is 0.220 e. The van der Waals surface area contributed by atoms with Crippen molar-refractivity contribution in [3.63, 3.8) is 0 Å². The summed E-state index contributed by atoms with van der Waals surface area (Å²) in [5, 5.41) is 3.02. The van der Waals surface area contributed by atoms with Gasteiger partial charge in [-0.2, -0.15) is 0 Å². The molecule has 0 unspecified atom stereocenters. The van der Waals surface area contributed by atoms with Crippen LogP contribution in [0.5, 0.6) is 5.75 Å². The molecule has 4 heteroatoms. The maximum absolute atomic E-state index is 11.8. The third-order valence-corrected chi connectivity index (χ3v) is 5.11. The van der Waals surface area contributed by atoms with E-state index in [0.717, 1.165) is 24.6 Å². The molecule has 22 heavy (non-hydrogen) atoms. The van der Waals surface area contributed by atoms with Gasteiger partial charge in [0.2, 0.25) is 5.91 Å². The molecule has 3 rings (SSSR count). The first-order valence-electron chi connectivity index (χ1n) is 7.74. The van der Waals surface area contributed by atoms with E-state index in [4.69, 9.17) is 4.74 Å². The van der Waals surface area contributed by atoms with E-state index in [0.29, 0.717) is 6.42 Å². The number of carbonyl (C=O) groups is 1. The average molecular weight is 315 g/mol. The Morgan fingerprint density at radius 1 is 1.23 bits per heavy atom. The summed E-state index contributed by atoms with van der Waals surface area (Å²) in [6.07, 6.45) is 3.94. The summed E-state index contributed by atoms with van der Waals surface area (Å²) in [6.45, 7) is 0.861. The normalized spacial score (nSPS) is 13.9. The van der Waals surface area contributed by atoms with E-state index < -0.39 is 0 Å². The van der Waals surface area contributed by atoms with Crippen molar-refractivity contribution >= 4 is 17.2 Å². The Morgan fingerprint density at radius 2 is 2.00 bits per heavy atom. The van der Waals surface area contributed by atoms with Crippen molar-refractivity contribution in [2.75, 3.05) is 13.7 Å². The van der Waals surface area contributed by atoms with Gasteiger partial charge in [0.1, 0.15) is 5.75 Å². The van der Waals surface area contributed by atoms with Crippen LogP contribution in [0.2, 0.25) is 0 Å². The van der Waals surface area contributed by atoms with Crippen molar-refractivity contribution in [3.05, 3.63) is 41.3 Å². The van der Waals surface area contributed by atoms with Crippen LogP contribution < -0.4 is 10.1 Å². The number of nitrogens with one attached hydrogen (secondary N) is 1. The molecule has 0 atom stereocenters. The van der Waals surface area contributed by atoms with Gasteiger partial charge in [0.25, 0.3) is 0 Å². The Hall–Kier alpha value is -1.81. The van der Waals surface area contributed by atoms with Crippen LogP contribution >= 0.6 is 11.3 Å². The van der Waals surface area contributed by atoms with E-state index in [2.05, 4.69) is 29.6 Å². The Bertz CT molecular complexity index is 629. The molecule has 0 saturated heterocycles. The number of benzene rings is 1. The third kappa shape index (κ3) is 4.10. The molecule has 0 bridgehead atoms. The van der Waals surface area contributed by atoms with Crippen molar-refractivity contribution in [3.8, 4) is 16.2 Å². The van der Waals surface area contributed by atoms with Crippen LogP contribution in [0.1, 0.15) is 24.1 Å². The van der Waals surface area contributed by atoms with Crippen LogP contribution in [0.25, 0.3) is 10.4 Å². The van der Waals surface area contributed by atoms with Gasteiger partial charge in [-0.1, -0.05) is 0 Å². The largest absolute Gasteiger partial charge is 0.497 e. The zero-order valence-corrected chi connectivity index (χ0v) is 13.6. The number of thiophene rings is 1. The van der Waals surface area contributed by atoms with Crippen molar-refractivity contribution in [1.82, 2.24) is 5.32 Å². The molecule has 1 amide bonds. The molecule has 0 radical (unpaired) electrons. The van der Waals surface area contributed by atoms with Crippen LogP contribution in [-0.2, 0) is 11.2 Å². The smallest absolute Gasteiger partial charge is 0.220 e. The first-order chi connectivity index (χ1) is 10.7. The number of methoxy groups -OCH3 is 1. The van der Waals surface area contributed by atoms with Crippen LogP contribution in [0.15, 0.2) is 36.4 Å². The summed E-state index contributed by atoms with van der Waals surface area (Å²) < 4.78 is 5.18. The molecule has 1 fully saturated rings. The fourth-order valence-electron chi connectivity index (χ4n) is 2.33. The lowest BCUT2D eigenvalue weighted by Crippen LogP contribution is -2.25. The van der Waals surface area contributed by atoms with Crippen molar-refractivity contribution < 1.29 is 9.53 Å². The highest BCUT2D eigenvalue weighted by atomic mass is 32.1. The summed E-state index contributed by atoms with van der Waals surface area (Å²) in [7, 11) is 1.67. The van der Waals surface area contributed by atoms with Crippen LogP contribution in [0.3, 0.4) is 0 Å². The quantitative estimate of drug-likeness (QED) is 0.842. The minimum atomic E-state index is 0.172. The minimum Gasteiger partial charge on any atom is -0.497 e. The molecule has 1 N–H and O–H groups in total. The molecule has 1 aromatic heterocycles. The minimum absolute atomic E-state index is 0.172. The molecule has 2 aromatic rings. The third-order valence-electron chi connectivity index (χ3n) is 3.92. The van der Waals surface area contributed by atoms with E-state index in [-0.39, 0.29) is 5.91 Å². The number of hydrogen-bond donors (Lipinski definition) is 1. The predicted octanol–water partition coefficient (Wildman–Crippen LogP) is 3.88. The van der Waals surface area contributed by atoms with Crippen LogP contribution in [-0.4, -0.2) is 19.6 Å². The van der Waals surface area contributed by atoms with Gasteiger partial charge in [-0.05, 0) is 67.1 Å². The number of amides is 1. The summed E-state index contributed by atoms with van der Waals surface area (Å²) in [5.74, 6) is 1.78. The highest BCUT2D eigenvalue weighted by Crippen LogP contribution is 2.30. The van der Waals surface area contributed by atoms with Crippen molar-refractivity contribution in [1.29, 1.82) is 0 Å². The fraction of sp³-hybridized carbons (Fsp3) is 0.389. The summed E-state index contributed by atoms with van der Waals surface area (Å²) >= 11 is 1.76. The number of rotatable bonds is 7. The van der Waals surface area contributed by atoms with Crippen LogP contribution in [0.4, 0.5) is 0 Å². The Balaban J connectivity index is 1.52. The lowest BCUT2D eigenvalue weighted by Gasteiger charge is -2.03. The highest BCUT2D eigenvalue weighted by Gasteiger charge is 2.21. The molecular formula is C18H21NO2S. The summed E-state index contributed by atoms with van der Waals surface area (Å²) in [6, 6.07) is 12.3. The number of carbonyl (C=O) groups excluding carboxylic acids is 1. The lowest BCUT2D eigenvalue weighted by molar-refractivity contribution is -0.121. The zero-order chi connectivity index (χ0) is 15.4. The van der Waals surface area contributed by atoms with Gasteiger partial charge in [-0.25, -0.2) is 0 Å². The second-order valence-electron chi connectivity index (χ2n) is 5.74. The highest BCUT2D eigenvalue weighted by molar-refractivity contribution is 7.15. The van der Waals surface area contributed by atoms with E-state index in [1.54, 1.807) is 18.4 Å². The first-order valence-corrected chi connectivity index (χ1v) is 8.56. The van der Waals surface area contributed by atoms with Gasteiger partial charge < -0.3 is 10.1 Å². The molecule has 1 aromatic carbocycles. The maximum atomic E-state index is 11.8. The van der Waals surface area contributed by atoms with E-state index in [9.17, 15) is 4.79 Å².